The number of hydrogen-bond acceptors (Lipinski definition) is 4. The predicted octanol–water partition coefficient (Wildman–Crippen LogP) is 1.58. The SMILES string of the molecule is CCNC1CCN(c2nccn(C(C)(C)C)c2=O)CC1. The molecule has 2 rings (SSSR count). The van der Waals surface area contributed by atoms with Gasteiger partial charge in [0.05, 0.1) is 0 Å². The van der Waals surface area contributed by atoms with Crippen LogP contribution in [0.1, 0.15) is 40.5 Å². The lowest BCUT2D eigenvalue weighted by Crippen LogP contribution is -2.46. The summed E-state index contributed by atoms with van der Waals surface area (Å²) in [4.78, 5) is 19.0. The molecule has 2 heterocycles. The first-order valence-electron chi connectivity index (χ1n) is 7.50. The minimum Gasteiger partial charge on any atom is -0.352 e. The second kappa shape index (κ2) is 5.95. The molecule has 1 N–H and O–H groups in total. The van der Waals surface area contributed by atoms with Crippen LogP contribution in [0.4, 0.5) is 5.82 Å². The van der Waals surface area contributed by atoms with E-state index in [2.05, 4.69) is 22.1 Å². The summed E-state index contributed by atoms with van der Waals surface area (Å²) in [6.07, 6.45) is 5.65. The van der Waals surface area contributed by atoms with Crippen LogP contribution in [0.3, 0.4) is 0 Å². The van der Waals surface area contributed by atoms with Crippen molar-refractivity contribution in [3.63, 3.8) is 0 Å². The van der Waals surface area contributed by atoms with E-state index >= 15 is 0 Å². The van der Waals surface area contributed by atoms with E-state index in [9.17, 15) is 4.79 Å². The van der Waals surface area contributed by atoms with Crippen LogP contribution in [-0.2, 0) is 5.54 Å². The van der Waals surface area contributed by atoms with Gasteiger partial charge in [-0.2, -0.15) is 0 Å². The molecule has 0 spiro atoms. The number of nitrogens with one attached hydrogen (secondary N) is 1. The van der Waals surface area contributed by atoms with Gasteiger partial charge in [-0.05, 0) is 40.2 Å². The number of hydrogen-bond donors (Lipinski definition) is 1. The number of rotatable bonds is 3. The van der Waals surface area contributed by atoms with Gasteiger partial charge in [0, 0.05) is 37.1 Å². The largest absolute Gasteiger partial charge is 0.352 e. The summed E-state index contributed by atoms with van der Waals surface area (Å²) in [6, 6.07) is 0.574. The summed E-state index contributed by atoms with van der Waals surface area (Å²) in [5, 5.41) is 3.48. The van der Waals surface area contributed by atoms with Gasteiger partial charge in [-0.1, -0.05) is 6.92 Å². The Labute approximate surface area is 121 Å². The summed E-state index contributed by atoms with van der Waals surface area (Å²) in [5.74, 6) is 0.595. The average Bonchev–Trinajstić information content (AvgIpc) is 2.39. The summed E-state index contributed by atoms with van der Waals surface area (Å²) >= 11 is 0. The smallest absolute Gasteiger partial charge is 0.293 e. The summed E-state index contributed by atoms with van der Waals surface area (Å²) in [6.45, 7) is 11.0. The third kappa shape index (κ3) is 3.20. The minimum atomic E-state index is -0.211. The number of nitrogens with zero attached hydrogens (tertiary/aromatic N) is 3. The van der Waals surface area contributed by atoms with Crippen LogP contribution in [-0.4, -0.2) is 35.2 Å². The van der Waals surface area contributed by atoms with Crippen LogP contribution in [0.2, 0.25) is 0 Å². The van der Waals surface area contributed by atoms with Gasteiger partial charge in [0.2, 0.25) is 0 Å². The van der Waals surface area contributed by atoms with Gasteiger partial charge in [-0.15, -0.1) is 0 Å². The molecule has 0 amide bonds. The molecule has 1 saturated heterocycles. The van der Waals surface area contributed by atoms with Gasteiger partial charge in [-0.3, -0.25) is 4.79 Å². The van der Waals surface area contributed by atoms with E-state index in [0.29, 0.717) is 11.9 Å². The molecule has 112 valence electrons. The van der Waals surface area contributed by atoms with E-state index < -0.39 is 0 Å². The van der Waals surface area contributed by atoms with Gasteiger partial charge >= 0.3 is 0 Å². The summed E-state index contributed by atoms with van der Waals surface area (Å²) < 4.78 is 1.77. The quantitative estimate of drug-likeness (QED) is 0.912. The Morgan fingerprint density at radius 3 is 2.55 bits per heavy atom. The lowest BCUT2D eigenvalue weighted by Gasteiger charge is -2.33. The highest BCUT2D eigenvalue weighted by molar-refractivity contribution is 5.36. The van der Waals surface area contributed by atoms with Gasteiger partial charge in [0.25, 0.3) is 5.56 Å². The van der Waals surface area contributed by atoms with Crippen LogP contribution in [0, 0.1) is 0 Å². The number of piperidine rings is 1. The molecule has 1 aliphatic heterocycles. The molecule has 20 heavy (non-hydrogen) atoms. The van der Waals surface area contributed by atoms with E-state index in [1.165, 1.54) is 0 Å². The molecule has 0 aromatic carbocycles. The maximum Gasteiger partial charge on any atom is 0.293 e. The summed E-state index contributed by atoms with van der Waals surface area (Å²) in [7, 11) is 0. The second-order valence-electron chi connectivity index (χ2n) is 6.42. The topological polar surface area (TPSA) is 50.2 Å². The van der Waals surface area contributed by atoms with E-state index in [-0.39, 0.29) is 11.1 Å². The van der Waals surface area contributed by atoms with Crippen molar-refractivity contribution >= 4 is 5.82 Å². The first-order valence-corrected chi connectivity index (χ1v) is 7.50. The molecule has 0 radical (unpaired) electrons. The molecule has 1 aliphatic rings. The van der Waals surface area contributed by atoms with Crippen molar-refractivity contribution in [3.05, 3.63) is 22.7 Å². The zero-order valence-corrected chi connectivity index (χ0v) is 13.0. The van der Waals surface area contributed by atoms with E-state index in [4.69, 9.17) is 0 Å². The maximum absolute atomic E-state index is 12.6. The molecule has 0 aliphatic carbocycles. The predicted molar refractivity (Wildman–Crippen MR) is 82.4 cm³/mol. The van der Waals surface area contributed by atoms with Crippen LogP contribution in [0.15, 0.2) is 17.2 Å². The Hall–Kier alpha value is -1.36. The van der Waals surface area contributed by atoms with Crippen molar-refractivity contribution in [2.24, 2.45) is 0 Å². The Morgan fingerprint density at radius 1 is 1.35 bits per heavy atom. The van der Waals surface area contributed by atoms with Gasteiger partial charge in [0.1, 0.15) is 0 Å². The van der Waals surface area contributed by atoms with Crippen molar-refractivity contribution in [2.75, 3.05) is 24.5 Å². The molecule has 1 aromatic heterocycles. The molecule has 1 fully saturated rings. The third-order valence-corrected chi connectivity index (χ3v) is 3.83. The number of aromatic nitrogens is 2. The highest BCUT2D eigenvalue weighted by atomic mass is 16.1. The Kier molecular flexibility index (Phi) is 4.48. The molecule has 0 atom stereocenters. The fraction of sp³-hybridized carbons (Fsp3) is 0.733. The first-order chi connectivity index (χ1) is 9.43. The fourth-order valence-electron chi connectivity index (χ4n) is 2.73. The standard InChI is InChI=1S/C15H26N4O/c1-5-16-12-6-9-18(10-7-12)13-14(20)19(11-8-17-13)15(2,3)4/h8,11-12,16H,5-7,9-10H2,1-4H3. The monoisotopic (exact) mass is 278 g/mol. The molecule has 5 heteroatoms. The van der Waals surface area contributed by atoms with Crippen molar-refractivity contribution in [1.82, 2.24) is 14.9 Å². The third-order valence-electron chi connectivity index (χ3n) is 3.83. The van der Waals surface area contributed by atoms with Crippen molar-refractivity contribution in [3.8, 4) is 0 Å². The van der Waals surface area contributed by atoms with Crippen LogP contribution < -0.4 is 15.8 Å². The Balaban J connectivity index is 2.17. The molecule has 0 saturated carbocycles. The van der Waals surface area contributed by atoms with Crippen LogP contribution in [0.25, 0.3) is 0 Å². The Bertz CT molecular complexity index is 495. The number of anilines is 1. The normalized spacial score (nSPS) is 17.5. The van der Waals surface area contributed by atoms with Crippen molar-refractivity contribution in [2.45, 2.75) is 52.1 Å². The lowest BCUT2D eigenvalue weighted by molar-refractivity contribution is 0.379. The van der Waals surface area contributed by atoms with Crippen LogP contribution >= 0.6 is 0 Å². The maximum atomic E-state index is 12.6. The van der Waals surface area contributed by atoms with Crippen LogP contribution in [0.5, 0.6) is 0 Å². The Morgan fingerprint density at radius 2 is 2.00 bits per heavy atom. The molecule has 0 unspecified atom stereocenters. The highest BCUT2D eigenvalue weighted by Crippen LogP contribution is 2.16. The summed E-state index contributed by atoms with van der Waals surface area (Å²) in [5.41, 5.74) is -0.196. The fourth-order valence-corrected chi connectivity index (χ4v) is 2.73. The average molecular weight is 278 g/mol. The van der Waals surface area contributed by atoms with Crippen molar-refractivity contribution in [1.29, 1.82) is 0 Å². The second-order valence-corrected chi connectivity index (χ2v) is 6.42. The van der Waals surface area contributed by atoms with Gasteiger partial charge in [0.15, 0.2) is 5.82 Å². The molecular weight excluding hydrogens is 252 g/mol. The molecule has 1 aromatic rings. The van der Waals surface area contributed by atoms with E-state index in [1.807, 2.05) is 20.8 Å². The first kappa shape index (κ1) is 15.0. The zero-order chi connectivity index (χ0) is 14.8. The highest BCUT2D eigenvalue weighted by Gasteiger charge is 2.23. The lowest BCUT2D eigenvalue weighted by atomic mass is 10.1. The molecule has 5 nitrogen and oxygen atoms in total. The van der Waals surface area contributed by atoms with E-state index in [1.54, 1.807) is 17.0 Å². The van der Waals surface area contributed by atoms with Gasteiger partial charge in [-0.25, -0.2) is 4.98 Å². The minimum absolute atomic E-state index is 0.0156. The molecule has 0 bridgehead atoms. The molecular formula is C15H26N4O. The zero-order valence-electron chi connectivity index (χ0n) is 13.0. The van der Waals surface area contributed by atoms with Gasteiger partial charge < -0.3 is 14.8 Å². The van der Waals surface area contributed by atoms with Crippen molar-refractivity contribution < 1.29 is 0 Å². The van der Waals surface area contributed by atoms with E-state index in [0.717, 1.165) is 32.5 Å².